The Morgan fingerprint density at radius 3 is 2.67 bits per heavy atom. The number of alkyl halides is 1. The summed E-state index contributed by atoms with van der Waals surface area (Å²) in [5.74, 6) is 0.152. The highest BCUT2D eigenvalue weighted by molar-refractivity contribution is 9.09. The SMILES string of the molecule is CC(C#N)CN(C)CCCCBr. The number of unbranched alkanes of at least 4 members (excludes halogenated alkanes) is 1. The molecule has 0 aromatic heterocycles. The second-order valence-corrected chi connectivity index (χ2v) is 3.98. The van der Waals surface area contributed by atoms with Crippen LogP contribution < -0.4 is 0 Å². The predicted molar refractivity (Wildman–Crippen MR) is 55.3 cm³/mol. The van der Waals surface area contributed by atoms with Gasteiger partial charge in [-0.15, -0.1) is 0 Å². The average molecular weight is 233 g/mol. The summed E-state index contributed by atoms with van der Waals surface area (Å²) in [6.07, 6.45) is 2.42. The Morgan fingerprint density at radius 1 is 1.50 bits per heavy atom. The standard InChI is InChI=1S/C9H17BrN2/c1-9(7-11)8-12(2)6-4-3-5-10/h9H,3-6,8H2,1-2H3. The fraction of sp³-hybridized carbons (Fsp3) is 0.889. The summed E-state index contributed by atoms with van der Waals surface area (Å²) in [5.41, 5.74) is 0. The van der Waals surface area contributed by atoms with Crippen molar-refractivity contribution in [3.8, 4) is 6.07 Å². The maximum absolute atomic E-state index is 8.57. The second-order valence-electron chi connectivity index (χ2n) is 3.19. The van der Waals surface area contributed by atoms with Gasteiger partial charge in [-0.25, -0.2) is 0 Å². The van der Waals surface area contributed by atoms with Gasteiger partial charge in [0.1, 0.15) is 0 Å². The molecule has 0 bridgehead atoms. The van der Waals surface area contributed by atoms with E-state index >= 15 is 0 Å². The number of hydrogen-bond acceptors (Lipinski definition) is 2. The van der Waals surface area contributed by atoms with Crippen LogP contribution in [0.3, 0.4) is 0 Å². The third kappa shape index (κ3) is 6.63. The molecule has 0 saturated heterocycles. The first-order valence-corrected chi connectivity index (χ1v) is 5.47. The first-order valence-electron chi connectivity index (χ1n) is 4.34. The predicted octanol–water partition coefficient (Wildman–Crippen LogP) is 2.25. The van der Waals surface area contributed by atoms with Gasteiger partial charge >= 0.3 is 0 Å². The van der Waals surface area contributed by atoms with Crippen molar-refractivity contribution >= 4 is 15.9 Å². The quantitative estimate of drug-likeness (QED) is 0.519. The van der Waals surface area contributed by atoms with Crippen LogP contribution in [0.2, 0.25) is 0 Å². The van der Waals surface area contributed by atoms with E-state index in [1.807, 2.05) is 6.92 Å². The summed E-state index contributed by atoms with van der Waals surface area (Å²) in [6, 6.07) is 2.24. The van der Waals surface area contributed by atoms with E-state index in [4.69, 9.17) is 5.26 Å². The molecule has 0 spiro atoms. The molecule has 70 valence electrons. The lowest BCUT2D eigenvalue weighted by Gasteiger charge is -2.16. The molecule has 0 heterocycles. The Labute approximate surface area is 83.7 Å². The lowest BCUT2D eigenvalue weighted by molar-refractivity contribution is 0.306. The van der Waals surface area contributed by atoms with Gasteiger partial charge in [0.25, 0.3) is 0 Å². The first-order chi connectivity index (χ1) is 5.70. The molecule has 3 heteroatoms. The van der Waals surface area contributed by atoms with Crippen LogP contribution in [0, 0.1) is 17.2 Å². The van der Waals surface area contributed by atoms with Crippen molar-refractivity contribution in [2.24, 2.45) is 5.92 Å². The highest BCUT2D eigenvalue weighted by atomic mass is 79.9. The number of nitriles is 1. The highest BCUT2D eigenvalue weighted by Gasteiger charge is 2.03. The molecule has 0 radical (unpaired) electrons. The smallest absolute Gasteiger partial charge is 0.0666 e. The van der Waals surface area contributed by atoms with Crippen molar-refractivity contribution < 1.29 is 0 Å². The van der Waals surface area contributed by atoms with Gasteiger partial charge in [-0.3, -0.25) is 0 Å². The third-order valence-corrected chi connectivity index (χ3v) is 2.29. The maximum atomic E-state index is 8.57. The van der Waals surface area contributed by atoms with Crippen molar-refractivity contribution in [3.63, 3.8) is 0 Å². The number of hydrogen-bond donors (Lipinski definition) is 0. The molecule has 2 nitrogen and oxygen atoms in total. The van der Waals surface area contributed by atoms with Crippen LogP contribution in [-0.2, 0) is 0 Å². The molecule has 1 unspecified atom stereocenters. The molecular weight excluding hydrogens is 216 g/mol. The van der Waals surface area contributed by atoms with E-state index in [0.717, 1.165) is 18.4 Å². The van der Waals surface area contributed by atoms with Crippen molar-refractivity contribution in [1.82, 2.24) is 4.90 Å². The van der Waals surface area contributed by atoms with Crippen molar-refractivity contribution in [1.29, 1.82) is 5.26 Å². The van der Waals surface area contributed by atoms with Crippen LogP contribution in [0.25, 0.3) is 0 Å². The maximum Gasteiger partial charge on any atom is 0.0666 e. The van der Waals surface area contributed by atoms with Gasteiger partial charge < -0.3 is 4.90 Å². The summed E-state index contributed by atoms with van der Waals surface area (Å²) in [6.45, 7) is 3.94. The lowest BCUT2D eigenvalue weighted by Crippen LogP contribution is -2.24. The van der Waals surface area contributed by atoms with Gasteiger partial charge in [0, 0.05) is 11.9 Å². The normalized spacial score (nSPS) is 12.9. The molecule has 0 aromatic rings. The molecule has 0 aliphatic rings. The molecule has 1 atom stereocenters. The van der Waals surface area contributed by atoms with Gasteiger partial charge in [-0.05, 0) is 33.4 Å². The zero-order valence-corrected chi connectivity index (χ0v) is 9.47. The zero-order chi connectivity index (χ0) is 9.40. The van der Waals surface area contributed by atoms with Crippen molar-refractivity contribution in [2.75, 3.05) is 25.5 Å². The molecule has 0 saturated carbocycles. The Hall–Kier alpha value is -0.0700. The topological polar surface area (TPSA) is 27.0 Å². The molecule has 0 rings (SSSR count). The van der Waals surface area contributed by atoms with Gasteiger partial charge in [-0.1, -0.05) is 15.9 Å². The molecule has 0 N–H and O–H groups in total. The van der Waals surface area contributed by atoms with Crippen LogP contribution in [0.15, 0.2) is 0 Å². The monoisotopic (exact) mass is 232 g/mol. The highest BCUT2D eigenvalue weighted by Crippen LogP contribution is 1.99. The van der Waals surface area contributed by atoms with Crippen LogP contribution >= 0.6 is 15.9 Å². The van der Waals surface area contributed by atoms with E-state index in [-0.39, 0.29) is 5.92 Å². The molecule has 0 fully saturated rings. The van der Waals surface area contributed by atoms with E-state index in [0.29, 0.717) is 0 Å². The Morgan fingerprint density at radius 2 is 2.17 bits per heavy atom. The number of rotatable bonds is 6. The van der Waals surface area contributed by atoms with Crippen molar-refractivity contribution in [2.45, 2.75) is 19.8 Å². The molecule has 0 aliphatic heterocycles. The van der Waals surface area contributed by atoms with Gasteiger partial charge in [0.2, 0.25) is 0 Å². The van der Waals surface area contributed by atoms with E-state index < -0.39 is 0 Å². The summed E-state index contributed by atoms with van der Waals surface area (Å²) >= 11 is 3.39. The first kappa shape index (κ1) is 11.9. The molecule has 0 amide bonds. The second kappa shape index (κ2) is 7.57. The van der Waals surface area contributed by atoms with Crippen molar-refractivity contribution in [3.05, 3.63) is 0 Å². The minimum absolute atomic E-state index is 0.152. The average Bonchev–Trinajstić information content (AvgIpc) is 2.05. The molecule has 0 aliphatic carbocycles. The molecule has 0 aromatic carbocycles. The zero-order valence-electron chi connectivity index (χ0n) is 7.89. The molecular formula is C9H17BrN2. The van der Waals surface area contributed by atoms with Crippen LogP contribution in [0.5, 0.6) is 0 Å². The summed E-state index contributed by atoms with van der Waals surface area (Å²) < 4.78 is 0. The fourth-order valence-electron chi connectivity index (χ4n) is 1.08. The van der Waals surface area contributed by atoms with Crippen LogP contribution in [0.4, 0.5) is 0 Å². The summed E-state index contributed by atoms with van der Waals surface area (Å²) in [5, 5.41) is 9.65. The van der Waals surface area contributed by atoms with Gasteiger partial charge in [-0.2, -0.15) is 5.26 Å². The number of nitrogens with zero attached hydrogens (tertiary/aromatic N) is 2. The summed E-state index contributed by atoms with van der Waals surface area (Å²) in [7, 11) is 2.07. The minimum Gasteiger partial charge on any atom is -0.305 e. The van der Waals surface area contributed by atoms with Gasteiger partial charge in [0.15, 0.2) is 0 Å². The van der Waals surface area contributed by atoms with E-state index in [1.54, 1.807) is 0 Å². The summed E-state index contributed by atoms with van der Waals surface area (Å²) in [4.78, 5) is 2.22. The Bertz CT molecular complexity index is 142. The van der Waals surface area contributed by atoms with E-state index in [1.165, 1.54) is 12.8 Å². The largest absolute Gasteiger partial charge is 0.305 e. The minimum atomic E-state index is 0.152. The fourth-order valence-corrected chi connectivity index (χ4v) is 1.47. The molecule has 12 heavy (non-hydrogen) atoms. The number of halogens is 1. The van der Waals surface area contributed by atoms with Gasteiger partial charge in [0.05, 0.1) is 12.0 Å². The third-order valence-electron chi connectivity index (χ3n) is 1.73. The van der Waals surface area contributed by atoms with E-state index in [2.05, 4.69) is 33.9 Å². The van der Waals surface area contributed by atoms with Crippen LogP contribution in [-0.4, -0.2) is 30.4 Å². The van der Waals surface area contributed by atoms with E-state index in [9.17, 15) is 0 Å². The Balaban J connectivity index is 3.34. The van der Waals surface area contributed by atoms with Crippen LogP contribution in [0.1, 0.15) is 19.8 Å². The Kier molecular flexibility index (Phi) is 7.53. The lowest BCUT2D eigenvalue weighted by atomic mass is 10.2.